The second-order valence-corrected chi connectivity index (χ2v) is 8.65. The maximum absolute atomic E-state index is 14.1. The molecule has 4 rings (SSSR count). The Labute approximate surface area is 172 Å². The topological polar surface area (TPSA) is 71.3 Å². The first-order valence-electron chi connectivity index (χ1n) is 9.60. The molecule has 0 aromatic carbocycles. The van der Waals surface area contributed by atoms with E-state index >= 15 is 0 Å². The molecule has 0 radical (unpaired) electrons. The summed E-state index contributed by atoms with van der Waals surface area (Å²) in [6, 6.07) is 3.09. The van der Waals surface area contributed by atoms with Crippen molar-refractivity contribution in [3.8, 4) is 11.3 Å². The smallest absolute Gasteiger partial charge is 0.255 e. The van der Waals surface area contributed by atoms with Crippen LogP contribution >= 0.6 is 11.8 Å². The van der Waals surface area contributed by atoms with E-state index in [0.29, 0.717) is 29.9 Å². The predicted molar refractivity (Wildman–Crippen MR) is 111 cm³/mol. The molecule has 7 nitrogen and oxygen atoms in total. The number of likely N-dealkylation sites (tertiary alicyclic amines) is 1. The zero-order valence-corrected chi connectivity index (χ0v) is 17.5. The number of thioether (sulfide) groups is 1. The van der Waals surface area contributed by atoms with Crippen molar-refractivity contribution in [1.82, 2.24) is 19.4 Å². The van der Waals surface area contributed by atoms with Gasteiger partial charge in [-0.1, -0.05) is 0 Å². The molecule has 9 heteroatoms. The maximum atomic E-state index is 14.1. The highest BCUT2D eigenvalue weighted by Gasteiger charge is 2.59. The molecule has 1 aliphatic carbocycles. The first kappa shape index (κ1) is 19.9. The van der Waals surface area contributed by atoms with Crippen LogP contribution in [0.1, 0.15) is 6.42 Å². The second kappa shape index (κ2) is 7.78. The van der Waals surface area contributed by atoms with E-state index in [-0.39, 0.29) is 23.1 Å². The third-order valence-electron chi connectivity index (χ3n) is 5.94. The molecule has 2 aromatic heterocycles. The summed E-state index contributed by atoms with van der Waals surface area (Å²) in [5.41, 5.74) is 0.316. The zero-order valence-electron chi connectivity index (χ0n) is 16.7. The second-order valence-electron chi connectivity index (χ2n) is 7.66. The highest BCUT2D eigenvalue weighted by molar-refractivity contribution is 7.98. The van der Waals surface area contributed by atoms with Gasteiger partial charge in [0.25, 0.3) is 5.56 Å². The van der Waals surface area contributed by atoms with Crippen LogP contribution in [0.4, 0.5) is 10.3 Å². The minimum Gasteiger partial charge on any atom is -0.342 e. The van der Waals surface area contributed by atoms with Gasteiger partial charge in [0.05, 0.1) is 11.9 Å². The Morgan fingerprint density at radius 2 is 2.10 bits per heavy atom. The van der Waals surface area contributed by atoms with Crippen molar-refractivity contribution in [3.05, 3.63) is 40.7 Å². The first-order valence-corrected chi connectivity index (χ1v) is 11.0. The van der Waals surface area contributed by atoms with Crippen LogP contribution in [0.15, 0.2) is 29.3 Å². The van der Waals surface area contributed by atoms with E-state index in [1.54, 1.807) is 18.8 Å². The van der Waals surface area contributed by atoms with E-state index < -0.39 is 5.82 Å². The highest BCUT2D eigenvalue weighted by atomic mass is 32.2. The van der Waals surface area contributed by atoms with Crippen LogP contribution in [0.3, 0.4) is 0 Å². The fourth-order valence-electron chi connectivity index (χ4n) is 4.32. The minimum absolute atomic E-state index is 0.216. The summed E-state index contributed by atoms with van der Waals surface area (Å²) in [4.78, 5) is 37.0. The summed E-state index contributed by atoms with van der Waals surface area (Å²) in [5.74, 6) is 1.83. The van der Waals surface area contributed by atoms with Gasteiger partial charge in [0.15, 0.2) is 5.82 Å². The third-order valence-corrected chi connectivity index (χ3v) is 6.56. The Kier molecular flexibility index (Phi) is 5.33. The summed E-state index contributed by atoms with van der Waals surface area (Å²) in [6.07, 6.45) is 5.18. The average molecular weight is 418 g/mol. The summed E-state index contributed by atoms with van der Waals surface area (Å²) >= 11 is 1.68. The van der Waals surface area contributed by atoms with E-state index in [4.69, 9.17) is 0 Å². The fraction of sp³-hybridized carbons (Fsp3) is 0.500. The van der Waals surface area contributed by atoms with E-state index in [0.717, 1.165) is 25.0 Å². The van der Waals surface area contributed by atoms with E-state index in [1.807, 2.05) is 23.1 Å². The molecule has 2 aliphatic rings. The van der Waals surface area contributed by atoms with Gasteiger partial charge in [-0.25, -0.2) is 9.37 Å². The molecule has 2 fully saturated rings. The SMILES string of the molecule is CSCCC(=O)N1C[C@@H]2[C@H](C1)[C@H]2N(C)c1nc(-c2ccncc2F)cc(=O)n1C. The van der Waals surface area contributed by atoms with Gasteiger partial charge >= 0.3 is 0 Å². The fourth-order valence-corrected chi connectivity index (χ4v) is 4.70. The normalized spacial score (nSPS) is 22.5. The lowest BCUT2D eigenvalue weighted by atomic mass is 10.2. The number of amides is 1. The molecule has 2 aromatic rings. The standard InChI is InChI=1S/C20H24FN5O2S/c1-24-18(28)8-16(12-4-6-22-9-15(12)21)23-20(24)25(2)19-13-10-26(11-14(13)19)17(27)5-7-29-3/h4,6,8-9,13-14,19H,5,7,10-11H2,1-3H3/t13-,14+,19+. The van der Waals surface area contributed by atoms with Crippen LogP contribution in [-0.2, 0) is 11.8 Å². The van der Waals surface area contributed by atoms with Crippen molar-refractivity contribution in [3.63, 3.8) is 0 Å². The molecule has 0 N–H and O–H groups in total. The quantitative estimate of drug-likeness (QED) is 0.712. The van der Waals surface area contributed by atoms with Crippen LogP contribution in [0.5, 0.6) is 0 Å². The Bertz CT molecular complexity index is 985. The van der Waals surface area contributed by atoms with Crippen molar-refractivity contribution in [1.29, 1.82) is 0 Å². The number of carbonyl (C=O) groups is 1. The molecule has 0 spiro atoms. The van der Waals surface area contributed by atoms with Crippen LogP contribution in [0, 0.1) is 17.7 Å². The number of piperidine rings is 1. The number of aromatic nitrogens is 3. The number of hydrogen-bond acceptors (Lipinski definition) is 6. The molecule has 3 heterocycles. The minimum atomic E-state index is -0.510. The maximum Gasteiger partial charge on any atom is 0.255 e. The van der Waals surface area contributed by atoms with Gasteiger partial charge in [-0.05, 0) is 12.3 Å². The van der Waals surface area contributed by atoms with Crippen molar-refractivity contribution in [2.75, 3.05) is 37.0 Å². The molecule has 1 saturated heterocycles. The van der Waals surface area contributed by atoms with Crippen molar-refractivity contribution in [2.45, 2.75) is 12.5 Å². The van der Waals surface area contributed by atoms with Gasteiger partial charge in [-0.3, -0.25) is 19.1 Å². The monoisotopic (exact) mass is 417 g/mol. The van der Waals surface area contributed by atoms with Crippen LogP contribution in [-0.4, -0.2) is 63.5 Å². The van der Waals surface area contributed by atoms with E-state index in [9.17, 15) is 14.0 Å². The van der Waals surface area contributed by atoms with Gasteiger partial charge in [-0.15, -0.1) is 0 Å². The molecular weight excluding hydrogens is 393 g/mol. The first-order chi connectivity index (χ1) is 13.9. The number of rotatable bonds is 6. The third kappa shape index (κ3) is 3.63. The number of nitrogens with zero attached hydrogens (tertiary/aromatic N) is 5. The zero-order chi connectivity index (χ0) is 20.7. The molecule has 0 bridgehead atoms. The summed E-state index contributed by atoms with van der Waals surface area (Å²) in [6.45, 7) is 1.50. The molecule has 1 aliphatic heterocycles. The van der Waals surface area contributed by atoms with Crippen LogP contribution < -0.4 is 10.5 Å². The average Bonchev–Trinajstić information content (AvgIpc) is 3.21. The number of hydrogen-bond donors (Lipinski definition) is 0. The van der Waals surface area contributed by atoms with Gasteiger partial charge in [0, 0.05) is 75.1 Å². The Balaban J connectivity index is 1.53. The van der Waals surface area contributed by atoms with Gasteiger partial charge < -0.3 is 9.80 Å². The number of pyridine rings is 1. The van der Waals surface area contributed by atoms with Crippen molar-refractivity contribution < 1.29 is 9.18 Å². The summed E-state index contributed by atoms with van der Waals surface area (Å²) < 4.78 is 15.6. The Morgan fingerprint density at radius 1 is 1.38 bits per heavy atom. The van der Waals surface area contributed by atoms with Crippen molar-refractivity contribution in [2.24, 2.45) is 18.9 Å². The number of anilines is 1. The highest BCUT2D eigenvalue weighted by Crippen LogP contribution is 2.49. The summed E-state index contributed by atoms with van der Waals surface area (Å²) in [7, 11) is 3.58. The molecule has 0 unspecified atom stereocenters. The number of carbonyl (C=O) groups excluding carboxylic acids is 1. The summed E-state index contributed by atoms with van der Waals surface area (Å²) in [5, 5.41) is 0. The Morgan fingerprint density at radius 3 is 2.76 bits per heavy atom. The molecule has 154 valence electrons. The molecule has 1 saturated carbocycles. The van der Waals surface area contributed by atoms with Gasteiger partial charge in [0.2, 0.25) is 11.9 Å². The molecular formula is C20H24FN5O2S. The van der Waals surface area contributed by atoms with Crippen molar-refractivity contribution >= 4 is 23.6 Å². The largest absolute Gasteiger partial charge is 0.342 e. The number of fused-ring (bicyclic) bond motifs is 1. The lowest BCUT2D eigenvalue weighted by molar-refractivity contribution is -0.130. The Hall–Kier alpha value is -2.42. The van der Waals surface area contributed by atoms with E-state index in [1.165, 1.54) is 22.9 Å². The lowest BCUT2D eigenvalue weighted by Crippen LogP contribution is -2.38. The van der Waals surface area contributed by atoms with Gasteiger partial charge in [0.1, 0.15) is 0 Å². The molecule has 1 amide bonds. The lowest BCUT2D eigenvalue weighted by Gasteiger charge is -2.26. The number of halogens is 1. The van der Waals surface area contributed by atoms with Gasteiger partial charge in [-0.2, -0.15) is 11.8 Å². The molecule has 3 atom stereocenters. The van der Waals surface area contributed by atoms with E-state index in [2.05, 4.69) is 9.97 Å². The molecule has 29 heavy (non-hydrogen) atoms. The van der Waals surface area contributed by atoms with Crippen LogP contribution in [0.2, 0.25) is 0 Å². The van der Waals surface area contributed by atoms with Crippen LogP contribution in [0.25, 0.3) is 11.3 Å². The predicted octanol–water partition coefficient (Wildman–Crippen LogP) is 1.63.